The van der Waals surface area contributed by atoms with Gasteiger partial charge in [-0.1, -0.05) is 19.9 Å². The Kier molecular flexibility index (Phi) is 2.44. The molecule has 2 heteroatoms. The fourth-order valence-corrected chi connectivity index (χ4v) is 3.01. The molecule has 0 radical (unpaired) electrons. The third-order valence-corrected chi connectivity index (χ3v) is 3.90. The van der Waals surface area contributed by atoms with E-state index in [-0.39, 0.29) is 0 Å². The normalized spacial score (nSPS) is 41.2. The molecule has 1 saturated carbocycles. The van der Waals surface area contributed by atoms with E-state index in [1.165, 1.54) is 6.42 Å². The standard InChI is InChI=1S/C12H21NO/c1-5-8(2)13-10-9-6-7-14-11(9)12(10,3)4/h5,8-11,13H,1,6-7H2,2-4H3. The largest absolute Gasteiger partial charge is 0.377 e. The van der Waals surface area contributed by atoms with E-state index in [0.717, 1.165) is 12.5 Å². The van der Waals surface area contributed by atoms with Crippen molar-refractivity contribution >= 4 is 0 Å². The number of fused-ring (bicyclic) bond motifs is 1. The second kappa shape index (κ2) is 3.35. The summed E-state index contributed by atoms with van der Waals surface area (Å²) in [5, 5.41) is 3.63. The predicted molar refractivity (Wildman–Crippen MR) is 58.2 cm³/mol. The molecule has 4 unspecified atom stereocenters. The summed E-state index contributed by atoms with van der Waals surface area (Å²) >= 11 is 0. The molecule has 14 heavy (non-hydrogen) atoms. The van der Waals surface area contributed by atoms with Gasteiger partial charge in [0, 0.05) is 30.0 Å². The topological polar surface area (TPSA) is 21.3 Å². The van der Waals surface area contributed by atoms with Crippen LogP contribution in [-0.2, 0) is 4.74 Å². The molecule has 2 rings (SSSR count). The fraction of sp³-hybridized carbons (Fsp3) is 0.833. The molecule has 0 aromatic carbocycles. The van der Waals surface area contributed by atoms with Crippen LogP contribution in [0.15, 0.2) is 12.7 Å². The third-order valence-electron chi connectivity index (χ3n) is 3.90. The molecule has 80 valence electrons. The maximum absolute atomic E-state index is 5.75. The van der Waals surface area contributed by atoms with Gasteiger partial charge in [0.05, 0.1) is 6.10 Å². The van der Waals surface area contributed by atoms with E-state index in [4.69, 9.17) is 4.74 Å². The summed E-state index contributed by atoms with van der Waals surface area (Å²) < 4.78 is 5.75. The molecule has 0 aromatic rings. The van der Waals surface area contributed by atoms with Crippen molar-refractivity contribution in [1.29, 1.82) is 0 Å². The third kappa shape index (κ3) is 1.32. The zero-order valence-electron chi connectivity index (χ0n) is 9.42. The first-order valence-corrected chi connectivity index (χ1v) is 5.57. The SMILES string of the molecule is C=CC(C)NC1C2CCOC2C1(C)C. The molecular formula is C12H21NO. The number of nitrogens with one attached hydrogen (secondary N) is 1. The molecule has 4 atom stereocenters. The smallest absolute Gasteiger partial charge is 0.0685 e. The van der Waals surface area contributed by atoms with Gasteiger partial charge in [-0.15, -0.1) is 6.58 Å². The summed E-state index contributed by atoms with van der Waals surface area (Å²) in [6, 6.07) is 1.00. The molecule has 0 aromatic heterocycles. The van der Waals surface area contributed by atoms with Gasteiger partial charge in [0.15, 0.2) is 0 Å². The van der Waals surface area contributed by atoms with Crippen LogP contribution in [0.2, 0.25) is 0 Å². The van der Waals surface area contributed by atoms with Crippen LogP contribution in [0.3, 0.4) is 0 Å². The maximum atomic E-state index is 5.75. The van der Waals surface area contributed by atoms with Crippen molar-refractivity contribution in [2.75, 3.05) is 6.61 Å². The van der Waals surface area contributed by atoms with Crippen molar-refractivity contribution in [3.63, 3.8) is 0 Å². The first-order valence-electron chi connectivity index (χ1n) is 5.57. The fourth-order valence-electron chi connectivity index (χ4n) is 3.01. The van der Waals surface area contributed by atoms with Crippen LogP contribution < -0.4 is 5.32 Å². The molecule has 2 aliphatic rings. The molecule has 0 spiro atoms. The average Bonchev–Trinajstić information content (AvgIpc) is 2.60. The van der Waals surface area contributed by atoms with E-state index in [0.29, 0.717) is 23.6 Å². The molecule has 0 bridgehead atoms. The summed E-state index contributed by atoms with van der Waals surface area (Å²) in [6.45, 7) is 11.5. The van der Waals surface area contributed by atoms with Crippen molar-refractivity contribution in [1.82, 2.24) is 5.32 Å². The lowest BCUT2D eigenvalue weighted by Crippen LogP contribution is -2.66. The van der Waals surface area contributed by atoms with Crippen molar-refractivity contribution < 1.29 is 4.74 Å². The van der Waals surface area contributed by atoms with Crippen molar-refractivity contribution in [3.05, 3.63) is 12.7 Å². The first kappa shape index (κ1) is 10.2. The van der Waals surface area contributed by atoms with E-state index < -0.39 is 0 Å². The monoisotopic (exact) mass is 195 g/mol. The zero-order chi connectivity index (χ0) is 10.3. The lowest BCUT2D eigenvalue weighted by atomic mass is 9.57. The Balaban J connectivity index is 2.01. The van der Waals surface area contributed by atoms with Crippen molar-refractivity contribution in [3.8, 4) is 0 Å². The minimum atomic E-state index is 0.290. The number of ether oxygens (including phenoxy) is 1. The second-order valence-corrected chi connectivity index (χ2v) is 5.23. The van der Waals surface area contributed by atoms with Gasteiger partial charge in [-0.2, -0.15) is 0 Å². The number of rotatable bonds is 3. The zero-order valence-corrected chi connectivity index (χ0v) is 9.42. The van der Waals surface area contributed by atoms with Crippen LogP contribution in [0.25, 0.3) is 0 Å². The van der Waals surface area contributed by atoms with Gasteiger partial charge in [-0.3, -0.25) is 0 Å². The number of hydrogen-bond donors (Lipinski definition) is 1. The molecule has 1 aliphatic heterocycles. The summed E-state index contributed by atoms with van der Waals surface area (Å²) in [5.74, 6) is 0.729. The summed E-state index contributed by atoms with van der Waals surface area (Å²) in [6.07, 6.45) is 3.67. The Morgan fingerprint density at radius 1 is 1.57 bits per heavy atom. The van der Waals surface area contributed by atoms with Crippen LogP contribution in [0.5, 0.6) is 0 Å². The molecule has 2 fully saturated rings. The highest BCUT2D eigenvalue weighted by atomic mass is 16.5. The van der Waals surface area contributed by atoms with Gasteiger partial charge >= 0.3 is 0 Å². The molecular weight excluding hydrogens is 174 g/mol. The second-order valence-electron chi connectivity index (χ2n) is 5.23. The molecule has 2 nitrogen and oxygen atoms in total. The highest BCUT2D eigenvalue weighted by Crippen LogP contribution is 2.52. The Morgan fingerprint density at radius 2 is 2.29 bits per heavy atom. The quantitative estimate of drug-likeness (QED) is 0.695. The Bertz CT molecular complexity index is 236. The van der Waals surface area contributed by atoms with Crippen LogP contribution in [0.1, 0.15) is 27.2 Å². The Hall–Kier alpha value is -0.340. The van der Waals surface area contributed by atoms with Gasteiger partial charge in [0.25, 0.3) is 0 Å². The van der Waals surface area contributed by atoms with E-state index >= 15 is 0 Å². The Morgan fingerprint density at radius 3 is 2.93 bits per heavy atom. The minimum Gasteiger partial charge on any atom is -0.377 e. The van der Waals surface area contributed by atoms with Gasteiger partial charge in [0.1, 0.15) is 0 Å². The van der Waals surface area contributed by atoms with Crippen LogP contribution >= 0.6 is 0 Å². The summed E-state index contributed by atoms with van der Waals surface area (Å²) in [4.78, 5) is 0. The van der Waals surface area contributed by atoms with Gasteiger partial charge in [-0.05, 0) is 13.3 Å². The summed E-state index contributed by atoms with van der Waals surface area (Å²) in [7, 11) is 0. The van der Waals surface area contributed by atoms with Gasteiger partial charge < -0.3 is 10.1 Å². The van der Waals surface area contributed by atoms with E-state index in [1.807, 2.05) is 6.08 Å². The van der Waals surface area contributed by atoms with Gasteiger partial charge in [-0.25, -0.2) is 0 Å². The average molecular weight is 195 g/mol. The molecule has 0 amide bonds. The first-order chi connectivity index (χ1) is 6.57. The highest BCUT2D eigenvalue weighted by molar-refractivity contribution is 5.12. The van der Waals surface area contributed by atoms with Gasteiger partial charge in [0.2, 0.25) is 0 Å². The van der Waals surface area contributed by atoms with E-state index in [1.54, 1.807) is 0 Å². The summed E-state index contributed by atoms with van der Waals surface area (Å²) in [5.41, 5.74) is 0.290. The maximum Gasteiger partial charge on any atom is 0.0685 e. The Labute approximate surface area is 86.7 Å². The molecule has 1 saturated heterocycles. The molecule has 1 heterocycles. The van der Waals surface area contributed by atoms with Crippen LogP contribution in [0, 0.1) is 11.3 Å². The van der Waals surface area contributed by atoms with E-state index in [9.17, 15) is 0 Å². The van der Waals surface area contributed by atoms with Crippen molar-refractivity contribution in [2.24, 2.45) is 11.3 Å². The lowest BCUT2D eigenvalue weighted by Gasteiger charge is -2.55. The molecule has 1 aliphatic carbocycles. The van der Waals surface area contributed by atoms with Crippen LogP contribution in [0.4, 0.5) is 0 Å². The van der Waals surface area contributed by atoms with Crippen LogP contribution in [-0.4, -0.2) is 24.8 Å². The lowest BCUT2D eigenvalue weighted by molar-refractivity contribution is -0.113. The molecule has 1 N–H and O–H groups in total. The highest BCUT2D eigenvalue weighted by Gasteiger charge is 2.59. The van der Waals surface area contributed by atoms with E-state index in [2.05, 4.69) is 32.7 Å². The predicted octanol–water partition coefficient (Wildman–Crippen LogP) is 1.96. The van der Waals surface area contributed by atoms with Crippen molar-refractivity contribution in [2.45, 2.75) is 45.4 Å². The minimum absolute atomic E-state index is 0.290. The number of hydrogen-bond acceptors (Lipinski definition) is 2.